The van der Waals surface area contributed by atoms with Crippen molar-refractivity contribution in [3.05, 3.63) is 71.3 Å². The van der Waals surface area contributed by atoms with Crippen molar-refractivity contribution < 1.29 is 27.5 Å². The molecule has 0 radical (unpaired) electrons. The van der Waals surface area contributed by atoms with Gasteiger partial charge in [0.05, 0.1) is 5.56 Å². The minimum Gasteiger partial charge on any atom is -0.484 e. The molecule has 130 valence electrons. The number of allylic oxidation sites excluding steroid dienone is 1. The molecule has 0 bridgehead atoms. The van der Waals surface area contributed by atoms with Gasteiger partial charge in [-0.1, -0.05) is 18.2 Å². The molecule has 2 N–H and O–H groups in total. The molecule has 2 rings (SSSR count). The Morgan fingerprint density at radius 2 is 1.76 bits per heavy atom. The minimum atomic E-state index is -4.44. The SMILES string of the molecule is NC(=O)COc1ccc(C(=O)/C=C/c2cccc(C(F)(F)F)c2)cc1. The van der Waals surface area contributed by atoms with E-state index in [2.05, 4.69) is 0 Å². The van der Waals surface area contributed by atoms with Crippen LogP contribution in [0.15, 0.2) is 54.6 Å². The predicted molar refractivity (Wildman–Crippen MR) is 85.9 cm³/mol. The molecule has 0 aliphatic rings. The Morgan fingerprint density at radius 1 is 1.08 bits per heavy atom. The third-order valence-electron chi connectivity index (χ3n) is 3.16. The predicted octanol–water partition coefficient (Wildman–Crippen LogP) is 3.47. The standard InChI is InChI=1S/C18H14F3NO3/c19-18(20,21)14-3-1-2-12(10-14)4-9-16(23)13-5-7-15(8-6-13)25-11-17(22)24/h1-10H,11H2,(H2,22,24)/b9-4+. The van der Waals surface area contributed by atoms with E-state index >= 15 is 0 Å². The number of carbonyl (C=O) groups is 2. The number of hydrogen-bond acceptors (Lipinski definition) is 3. The maximum atomic E-state index is 12.7. The largest absolute Gasteiger partial charge is 0.484 e. The Labute approximate surface area is 141 Å². The lowest BCUT2D eigenvalue weighted by Crippen LogP contribution is -2.19. The first-order valence-corrected chi connectivity index (χ1v) is 7.16. The lowest BCUT2D eigenvalue weighted by Gasteiger charge is -2.06. The molecule has 0 aromatic heterocycles. The Bertz CT molecular complexity index is 796. The van der Waals surface area contributed by atoms with Gasteiger partial charge in [-0.25, -0.2) is 0 Å². The van der Waals surface area contributed by atoms with Crippen LogP contribution in [-0.2, 0) is 11.0 Å². The molecule has 2 aromatic rings. The zero-order valence-corrected chi connectivity index (χ0v) is 12.9. The quantitative estimate of drug-likeness (QED) is 0.641. The number of ether oxygens (including phenoxy) is 1. The van der Waals surface area contributed by atoms with Crippen LogP contribution >= 0.6 is 0 Å². The monoisotopic (exact) mass is 349 g/mol. The molecule has 4 nitrogen and oxygen atoms in total. The molecule has 0 atom stereocenters. The van der Waals surface area contributed by atoms with Crippen molar-refractivity contribution in [2.24, 2.45) is 5.73 Å². The average molecular weight is 349 g/mol. The van der Waals surface area contributed by atoms with E-state index in [1.165, 1.54) is 48.6 Å². The zero-order valence-electron chi connectivity index (χ0n) is 12.9. The van der Waals surface area contributed by atoms with E-state index in [9.17, 15) is 22.8 Å². The van der Waals surface area contributed by atoms with E-state index in [1.54, 1.807) is 0 Å². The summed E-state index contributed by atoms with van der Waals surface area (Å²) >= 11 is 0. The molecule has 25 heavy (non-hydrogen) atoms. The summed E-state index contributed by atoms with van der Waals surface area (Å²) in [6, 6.07) is 10.6. The van der Waals surface area contributed by atoms with Gasteiger partial charge in [-0.3, -0.25) is 9.59 Å². The molecule has 0 aliphatic carbocycles. The van der Waals surface area contributed by atoms with Gasteiger partial charge in [-0.2, -0.15) is 13.2 Å². The molecule has 1 amide bonds. The fraction of sp³-hybridized carbons (Fsp3) is 0.111. The Kier molecular flexibility index (Phi) is 5.59. The van der Waals surface area contributed by atoms with E-state index in [0.29, 0.717) is 11.3 Å². The van der Waals surface area contributed by atoms with Gasteiger partial charge in [0.15, 0.2) is 12.4 Å². The number of benzene rings is 2. The van der Waals surface area contributed by atoms with E-state index in [1.807, 2.05) is 0 Å². The molecule has 0 heterocycles. The zero-order chi connectivity index (χ0) is 18.4. The summed E-state index contributed by atoms with van der Waals surface area (Å²) in [6.07, 6.45) is -1.93. The lowest BCUT2D eigenvalue weighted by atomic mass is 10.1. The van der Waals surface area contributed by atoms with Gasteiger partial charge in [-0.15, -0.1) is 0 Å². The molecular weight excluding hydrogens is 335 g/mol. The summed E-state index contributed by atoms with van der Waals surface area (Å²) in [7, 11) is 0. The van der Waals surface area contributed by atoms with Gasteiger partial charge < -0.3 is 10.5 Å². The molecule has 0 saturated carbocycles. The Morgan fingerprint density at radius 3 is 2.36 bits per heavy atom. The van der Waals surface area contributed by atoms with E-state index in [-0.39, 0.29) is 18.0 Å². The number of halogens is 3. The van der Waals surface area contributed by atoms with Crippen LogP contribution in [0.5, 0.6) is 5.75 Å². The number of alkyl halides is 3. The van der Waals surface area contributed by atoms with E-state index < -0.39 is 17.6 Å². The van der Waals surface area contributed by atoms with Crippen molar-refractivity contribution in [1.82, 2.24) is 0 Å². The van der Waals surface area contributed by atoms with Crippen molar-refractivity contribution in [2.45, 2.75) is 6.18 Å². The number of nitrogens with two attached hydrogens (primary N) is 1. The molecule has 0 saturated heterocycles. The number of hydrogen-bond donors (Lipinski definition) is 1. The summed E-state index contributed by atoms with van der Waals surface area (Å²) in [5, 5.41) is 0. The van der Waals surface area contributed by atoms with Gasteiger partial charge >= 0.3 is 6.18 Å². The van der Waals surface area contributed by atoms with Gasteiger partial charge in [0.2, 0.25) is 0 Å². The second-order valence-corrected chi connectivity index (χ2v) is 5.10. The van der Waals surface area contributed by atoms with Gasteiger partial charge in [0.1, 0.15) is 5.75 Å². The molecule has 0 spiro atoms. The van der Waals surface area contributed by atoms with E-state index in [0.717, 1.165) is 12.1 Å². The summed E-state index contributed by atoms with van der Waals surface area (Å²) in [5.41, 5.74) is 4.77. The fourth-order valence-corrected chi connectivity index (χ4v) is 1.96. The number of carbonyl (C=O) groups excluding carboxylic acids is 2. The van der Waals surface area contributed by atoms with Crippen molar-refractivity contribution in [2.75, 3.05) is 6.61 Å². The highest BCUT2D eigenvalue weighted by atomic mass is 19.4. The molecule has 0 fully saturated rings. The van der Waals surface area contributed by atoms with Crippen LogP contribution in [0.25, 0.3) is 6.08 Å². The third-order valence-corrected chi connectivity index (χ3v) is 3.16. The van der Waals surface area contributed by atoms with Gasteiger partial charge in [0, 0.05) is 5.56 Å². The van der Waals surface area contributed by atoms with Crippen LogP contribution in [0.1, 0.15) is 21.5 Å². The van der Waals surface area contributed by atoms with Crippen LogP contribution in [0.4, 0.5) is 13.2 Å². The summed E-state index contributed by atoms with van der Waals surface area (Å²) < 4.78 is 43.0. The van der Waals surface area contributed by atoms with Gasteiger partial charge in [0.25, 0.3) is 5.91 Å². The van der Waals surface area contributed by atoms with Crippen molar-refractivity contribution in [1.29, 1.82) is 0 Å². The van der Waals surface area contributed by atoms with Crippen molar-refractivity contribution in [3.8, 4) is 5.75 Å². The Balaban J connectivity index is 2.06. The highest BCUT2D eigenvalue weighted by molar-refractivity contribution is 6.06. The maximum absolute atomic E-state index is 12.7. The normalized spacial score (nSPS) is 11.5. The smallest absolute Gasteiger partial charge is 0.416 e. The molecule has 2 aromatic carbocycles. The van der Waals surface area contributed by atoms with Crippen molar-refractivity contribution in [3.63, 3.8) is 0 Å². The van der Waals surface area contributed by atoms with Crippen LogP contribution in [0.3, 0.4) is 0 Å². The van der Waals surface area contributed by atoms with Gasteiger partial charge in [-0.05, 0) is 48.0 Å². The maximum Gasteiger partial charge on any atom is 0.416 e. The second-order valence-electron chi connectivity index (χ2n) is 5.10. The first-order valence-electron chi connectivity index (χ1n) is 7.16. The second kappa shape index (κ2) is 7.65. The number of amides is 1. The summed E-state index contributed by atoms with van der Waals surface area (Å²) in [6.45, 7) is -0.275. The van der Waals surface area contributed by atoms with Crippen LogP contribution in [0, 0.1) is 0 Å². The number of ketones is 1. The highest BCUT2D eigenvalue weighted by Gasteiger charge is 2.30. The number of rotatable bonds is 6. The Hall–Kier alpha value is -3.09. The fourth-order valence-electron chi connectivity index (χ4n) is 1.96. The molecular formula is C18H14F3NO3. The molecule has 0 unspecified atom stereocenters. The van der Waals surface area contributed by atoms with Crippen molar-refractivity contribution >= 4 is 17.8 Å². The summed E-state index contributed by atoms with van der Waals surface area (Å²) in [5.74, 6) is -0.625. The minimum absolute atomic E-state index is 0.268. The first kappa shape index (κ1) is 18.3. The molecule has 0 aliphatic heterocycles. The number of primary amides is 1. The summed E-state index contributed by atoms with van der Waals surface area (Å²) in [4.78, 5) is 22.7. The highest BCUT2D eigenvalue weighted by Crippen LogP contribution is 2.29. The first-order chi connectivity index (χ1) is 11.8. The third kappa shape index (κ3) is 5.49. The topological polar surface area (TPSA) is 69.4 Å². The van der Waals surface area contributed by atoms with Crippen LogP contribution < -0.4 is 10.5 Å². The van der Waals surface area contributed by atoms with Crippen LogP contribution in [-0.4, -0.2) is 18.3 Å². The van der Waals surface area contributed by atoms with Crippen LogP contribution in [0.2, 0.25) is 0 Å². The lowest BCUT2D eigenvalue weighted by molar-refractivity contribution is -0.137. The molecule has 7 heteroatoms. The average Bonchev–Trinajstić information content (AvgIpc) is 2.58. The van der Waals surface area contributed by atoms with E-state index in [4.69, 9.17) is 10.5 Å².